The molecule has 0 aliphatic heterocycles. The van der Waals surface area contributed by atoms with Gasteiger partial charge in [0.2, 0.25) is 0 Å². The monoisotopic (exact) mass is 245 g/mol. The van der Waals surface area contributed by atoms with Gasteiger partial charge in [-0.15, -0.1) is 0 Å². The second kappa shape index (κ2) is 5.35. The molecule has 0 saturated heterocycles. The molecule has 0 spiro atoms. The van der Waals surface area contributed by atoms with Crippen LogP contribution in [0.15, 0.2) is 36.9 Å². The second-order valence-corrected chi connectivity index (χ2v) is 3.92. The lowest BCUT2D eigenvalue weighted by Crippen LogP contribution is -2.07. The normalized spacial score (nSPS) is 11.9. The molecule has 1 aromatic carbocycles. The number of aromatic nitrogens is 2. The summed E-state index contributed by atoms with van der Waals surface area (Å²) in [6, 6.07) is 5.18. The van der Waals surface area contributed by atoms with Gasteiger partial charge in [0.25, 0.3) is 0 Å². The van der Waals surface area contributed by atoms with E-state index in [0.717, 1.165) is 11.3 Å². The third-order valence-electron chi connectivity index (χ3n) is 2.65. The van der Waals surface area contributed by atoms with Crippen molar-refractivity contribution in [3.05, 3.63) is 42.5 Å². The largest absolute Gasteiger partial charge is 0.507 e. The van der Waals surface area contributed by atoms with Gasteiger partial charge in [-0.3, -0.25) is 0 Å². The lowest BCUT2D eigenvalue weighted by molar-refractivity contribution is 0.406. The predicted molar refractivity (Wildman–Crippen MR) is 68.7 cm³/mol. The molecule has 1 heterocycles. The molecule has 2 N–H and O–H groups in total. The van der Waals surface area contributed by atoms with E-state index in [0.29, 0.717) is 5.75 Å². The van der Waals surface area contributed by atoms with E-state index in [-0.39, 0.29) is 11.8 Å². The van der Waals surface area contributed by atoms with E-state index < -0.39 is 0 Å². The van der Waals surface area contributed by atoms with Crippen LogP contribution < -0.4 is 10.1 Å². The number of nitrogens with one attached hydrogen (secondary N) is 1. The maximum absolute atomic E-state index is 9.92. The average molecular weight is 245 g/mol. The van der Waals surface area contributed by atoms with Crippen LogP contribution in [0.4, 0.5) is 5.69 Å². The molecule has 0 bridgehead atoms. The van der Waals surface area contributed by atoms with Gasteiger partial charge in [0, 0.05) is 11.6 Å². The second-order valence-electron chi connectivity index (χ2n) is 3.92. The lowest BCUT2D eigenvalue weighted by atomic mass is 10.1. The Kier molecular flexibility index (Phi) is 3.62. The summed E-state index contributed by atoms with van der Waals surface area (Å²) in [4.78, 5) is 7.85. The first-order valence-corrected chi connectivity index (χ1v) is 5.59. The van der Waals surface area contributed by atoms with Crippen molar-refractivity contribution in [3.63, 3.8) is 0 Å². The molecule has 1 atom stereocenters. The van der Waals surface area contributed by atoms with Crippen LogP contribution >= 0.6 is 0 Å². The highest BCUT2D eigenvalue weighted by molar-refractivity contribution is 5.46. The average Bonchev–Trinajstić information content (AvgIpc) is 2.39. The zero-order chi connectivity index (χ0) is 13.0. The van der Waals surface area contributed by atoms with Crippen molar-refractivity contribution in [1.29, 1.82) is 0 Å². The van der Waals surface area contributed by atoms with Crippen molar-refractivity contribution in [2.24, 2.45) is 0 Å². The maximum atomic E-state index is 9.92. The van der Waals surface area contributed by atoms with E-state index in [1.54, 1.807) is 25.6 Å². The molecule has 0 radical (unpaired) electrons. The minimum atomic E-state index is -0.0538. The minimum Gasteiger partial charge on any atom is -0.507 e. The first-order valence-electron chi connectivity index (χ1n) is 5.59. The molecule has 0 aliphatic carbocycles. The van der Waals surface area contributed by atoms with Crippen LogP contribution in [0, 0.1) is 0 Å². The summed E-state index contributed by atoms with van der Waals surface area (Å²) in [7, 11) is 1.57. The lowest BCUT2D eigenvalue weighted by Gasteiger charge is -2.16. The molecule has 5 heteroatoms. The van der Waals surface area contributed by atoms with Crippen LogP contribution in [0.3, 0.4) is 0 Å². The number of benzene rings is 1. The molecule has 94 valence electrons. The van der Waals surface area contributed by atoms with E-state index in [9.17, 15) is 5.11 Å². The van der Waals surface area contributed by atoms with E-state index in [4.69, 9.17) is 4.74 Å². The number of hydrogen-bond donors (Lipinski definition) is 2. The molecular formula is C13H15N3O2. The Labute approximate surface area is 105 Å². The van der Waals surface area contributed by atoms with Crippen molar-refractivity contribution in [1.82, 2.24) is 9.97 Å². The van der Waals surface area contributed by atoms with E-state index >= 15 is 0 Å². The fourth-order valence-electron chi connectivity index (χ4n) is 1.72. The molecule has 0 fully saturated rings. The molecule has 5 nitrogen and oxygen atoms in total. The van der Waals surface area contributed by atoms with Crippen molar-refractivity contribution in [3.8, 4) is 11.5 Å². The third-order valence-corrected chi connectivity index (χ3v) is 2.65. The SMILES string of the molecule is COc1ccc(C(C)Nc2cncnc2)c(O)c1. The number of aromatic hydroxyl groups is 1. The Balaban J connectivity index is 2.16. The number of ether oxygens (including phenoxy) is 1. The molecular weight excluding hydrogens is 230 g/mol. The van der Waals surface area contributed by atoms with Gasteiger partial charge in [0.15, 0.2) is 0 Å². The summed E-state index contributed by atoms with van der Waals surface area (Å²) in [5.41, 5.74) is 1.60. The smallest absolute Gasteiger partial charge is 0.124 e. The van der Waals surface area contributed by atoms with Gasteiger partial charge in [-0.25, -0.2) is 9.97 Å². The zero-order valence-corrected chi connectivity index (χ0v) is 10.3. The highest BCUT2D eigenvalue weighted by Crippen LogP contribution is 2.29. The molecule has 2 aromatic rings. The fourth-order valence-corrected chi connectivity index (χ4v) is 1.72. The Morgan fingerprint density at radius 2 is 2.00 bits per heavy atom. The number of rotatable bonds is 4. The highest BCUT2D eigenvalue weighted by atomic mass is 16.5. The molecule has 0 saturated carbocycles. The van der Waals surface area contributed by atoms with E-state index in [1.807, 2.05) is 19.1 Å². The number of anilines is 1. The summed E-state index contributed by atoms with van der Waals surface area (Å²) < 4.78 is 5.05. The van der Waals surface area contributed by atoms with Crippen LogP contribution in [0.2, 0.25) is 0 Å². The topological polar surface area (TPSA) is 67.3 Å². The van der Waals surface area contributed by atoms with Gasteiger partial charge >= 0.3 is 0 Å². The minimum absolute atomic E-state index is 0.0538. The Morgan fingerprint density at radius 1 is 1.28 bits per heavy atom. The number of phenols is 1. The molecule has 0 aliphatic rings. The van der Waals surface area contributed by atoms with Crippen LogP contribution in [0.25, 0.3) is 0 Å². The number of nitrogens with zero attached hydrogens (tertiary/aromatic N) is 2. The van der Waals surface area contributed by atoms with Gasteiger partial charge in [-0.05, 0) is 19.1 Å². The first-order chi connectivity index (χ1) is 8.70. The summed E-state index contributed by atoms with van der Waals surface area (Å²) in [5.74, 6) is 0.831. The Bertz CT molecular complexity index is 517. The zero-order valence-electron chi connectivity index (χ0n) is 10.3. The summed E-state index contributed by atoms with van der Waals surface area (Å²) >= 11 is 0. The quantitative estimate of drug-likeness (QED) is 0.865. The number of hydrogen-bond acceptors (Lipinski definition) is 5. The van der Waals surface area contributed by atoms with E-state index in [2.05, 4.69) is 15.3 Å². The fraction of sp³-hybridized carbons (Fsp3) is 0.231. The molecule has 2 rings (SSSR count). The Hall–Kier alpha value is -2.30. The molecule has 1 aromatic heterocycles. The first kappa shape index (κ1) is 12.2. The van der Waals surface area contributed by atoms with Gasteiger partial charge < -0.3 is 15.2 Å². The summed E-state index contributed by atoms with van der Waals surface area (Å²) in [6.07, 6.45) is 4.84. The van der Waals surface area contributed by atoms with E-state index in [1.165, 1.54) is 6.33 Å². The highest BCUT2D eigenvalue weighted by Gasteiger charge is 2.11. The van der Waals surface area contributed by atoms with Crippen molar-refractivity contribution >= 4 is 5.69 Å². The number of phenolic OH excluding ortho intramolecular Hbond substituents is 1. The molecule has 18 heavy (non-hydrogen) atoms. The van der Waals surface area contributed by atoms with Crippen LogP contribution in [0.5, 0.6) is 11.5 Å². The predicted octanol–water partition coefficient (Wildman–Crippen LogP) is 2.36. The van der Waals surface area contributed by atoms with Crippen LogP contribution in [0.1, 0.15) is 18.5 Å². The van der Waals surface area contributed by atoms with Gasteiger partial charge in [-0.2, -0.15) is 0 Å². The van der Waals surface area contributed by atoms with Gasteiger partial charge in [0.05, 0.1) is 31.2 Å². The van der Waals surface area contributed by atoms with Crippen molar-refractivity contribution in [2.75, 3.05) is 12.4 Å². The van der Waals surface area contributed by atoms with Crippen LogP contribution in [-0.2, 0) is 0 Å². The third kappa shape index (κ3) is 2.68. The number of methoxy groups -OCH3 is 1. The Morgan fingerprint density at radius 3 is 2.61 bits per heavy atom. The van der Waals surface area contributed by atoms with Crippen molar-refractivity contribution < 1.29 is 9.84 Å². The molecule has 0 amide bonds. The summed E-state index contributed by atoms with van der Waals surface area (Å²) in [5, 5.41) is 13.1. The van der Waals surface area contributed by atoms with Gasteiger partial charge in [0.1, 0.15) is 17.8 Å². The van der Waals surface area contributed by atoms with Crippen molar-refractivity contribution in [2.45, 2.75) is 13.0 Å². The van der Waals surface area contributed by atoms with Gasteiger partial charge in [-0.1, -0.05) is 0 Å². The summed E-state index contributed by atoms with van der Waals surface area (Å²) in [6.45, 7) is 1.95. The van der Waals surface area contributed by atoms with Crippen LogP contribution in [-0.4, -0.2) is 22.2 Å². The molecule has 1 unspecified atom stereocenters. The maximum Gasteiger partial charge on any atom is 0.124 e. The standard InChI is InChI=1S/C13H15N3O2/c1-9(16-10-6-14-8-15-7-10)12-4-3-11(18-2)5-13(12)17/h3-9,16-17H,1-2H3.